The Morgan fingerprint density at radius 1 is 0.846 bits per heavy atom. The van der Waals surface area contributed by atoms with Crippen LogP contribution < -0.4 is 0 Å². The molecule has 0 aliphatic carbocycles. The topological polar surface area (TPSA) is 99.4 Å². The Balaban J connectivity index is 0. The molecule has 0 rings (SSSR count). The van der Waals surface area contributed by atoms with Gasteiger partial charge in [0.2, 0.25) is 0 Å². The second-order valence-corrected chi connectivity index (χ2v) is 1.88. The molecule has 0 aromatic heterocycles. The van der Waals surface area contributed by atoms with Crippen LogP contribution in [0.25, 0.3) is 0 Å². The van der Waals surface area contributed by atoms with Crippen molar-refractivity contribution in [1.82, 2.24) is 0 Å². The monoisotopic (exact) mass is 194 g/mol. The molecule has 0 saturated carbocycles. The molecule has 0 aliphatic heterocycles. The first-order chi connectivity index (χ1) is 6.33. The first-order valence-electron chi connectivity index (χ1n) is 3.92. The van der Waals surface area contributed by atoms with E-state index in [-0.39, 0.29) is 28.6 Å². The molecular formula is C5H16B2O6. The van der Waals surface area contributed by atoms with Crippen LogP contribution in [-0.2, 0) is 9.31 Å². The van der Waals surface area contributed by atoms with Crippen molar-refractivity contribution in [3.8, 4) is 0 Å². The summed E-state index contributed by atoms with van der Waals surface area (Å²) in [5, 5.41) is 31.5. The van der Waals surface area contributed by atoms with Gasteiger partial charge in [-0.1, -0.05) is 0 Å². The molecular weight excluding hydrogens is 178 g/mol. The first-order valence-corrected chi connectivity index (χ1v) is 3.92. The summed E-state index contributed by atoms with van der Waals surface area (Å²) < 4.78 is 9.15. The van der Waals surface area contributed by atoms with E-state index in [1.54, 1.807) is 0 Å². The predicted molar refractivity (Wildman–Crippen MR) is 49.4 cm³/mol. The van der Waals surface area contributed by atoms with Gasteiger partial charge in [0.15, 0.2) is 0 Å². The van der Waals surface area contributed by atoms with E-state index < -0.39 is 0 Å². The first kappa shape index (κ1) is 15.4. The van der Waals surface area contributed by atoms with Crippen LogP contribution in [0.4, 0.5) is 0 Å². The molecule has 0 bridgehead atoms. The summed E-state index contributed by atoms with van der Waals surface area (Å²) in [4.78, 5) is 0. The van der Waals surface area contributed by atoms with Crippen molar-refractivity contribution in [3.63, 3.8) is 0 Å². The van der Waals surface area contributed by atoms with E-state index >= 15 is 0 Å². The number of hydrogen-bond donors (Lipinski definition) is 4. The molecule has 0 amide bonds. The summed E-state index contributed by atoms with van der Waals surface area (Å²) in [6, 6.07) is 0. The van der Waals surface area contributed by atoms with Gasteiger partial charge >= 0.3 is 15.4 Å². The Morgan fingerprint density at radius 2 is 1.23 bits per heavy atom. The lowest BCUT2D eigenvalue weighted by Gasteiger charge is -1.98. The van der Waals surface area contributed by atoms with Gasteiger partial charge in [0.05, 0.1) is 13.2 Å². The maximum atomic E-state index is 8.11. The van der Waals surface area contributed by atoms with Gasteiger partial charge < -0.3 is 29.6 Å². The minimum absolute atomic E-state index is 0.125. The average molecular weight is 194 g/mol. The third-order valence-corrected chi connectivity index (χ3v) is 0.860. The maximum Gasteiger partial charge on any atom is 0.435 e. The average Bonchev–Trinajstić information content (AvgIpc) is 2.18. The summed E-state index contributed by atoms with van der Waals surface area (Å²) in [6.07, 6.45) is 0.696. The zero-order chi connectivity index (χ0) is 10.4. The number of hydrogen-bond acceptors (Lipinski definition) is 6. The fourth-order valence-electron chi connectivity index (χ4n) is 0.392. The van der Waals surface area contributed by atoms with Gasteiger partial charge in [-0.3, -0.25) is 0 Å². The van der Waals surface area contributed by atoms with E-state index in [4.69, 9.17) is 20.3 Å². The Morgan fingerprint density at radius 3 is 1.46 bits per heavy atom. The van der Waals surface area contributed by atoms with Crippen molar-refractivity contribution in [2.24, 2.45) is 0 Å². The van der Waals surface area contributed by atoms with Gasteiger partial charge in [0.1, 0.15) is 0 Å². The molecule has 8 heteroatoms. The van der Waals surface area contributed by atoms with Crippen LogP contribution in [0.1, 0.15) is 6.42 Å². The Hall–Kier alpha value is -0.110. The fraction of sp³-hybridized carbons (Fsp3) is 1.00. The van der Waals surface area contributed by atoms with Crippen LogP contribution >= 0.6 is 0 Å². The SMILES string of the molecule is OBOCCCOBO.OCCO. The highest BCUT2D eigenvalue weighted by Gasteiger charge is 1.88. The van der Waals surface area contributed by atoms with Crippen LogP contribution in [0.3, 0.4) is 0 Å². The molecule has 0 aromatic rings. The standard InChI is InChI=1S/C3H10B2O4.C2H6O2/c6-4-8-2-1-3-9-5-7;3-1-2-4/h4-7H,1-3H2;3-4H,1-2H2. The van der Waals surface area contributed by atoms with Crippen molar-refractivity contribution >= 4 is 15.4 Å². The maximum absolute atomic E-state index is 8.11. The van der Waals surface area contributed by atoms with Crippen molar-refractivity contribution in [2.75, 3.05) is 26.4 Å². The number of rotatable bonds is 7. The summed E-state index contributed by atoms with van der Waals surface area (Å²) in [7, 11) is -0.502. The summed E-state index contributed by atoms with van der Waals surface area (Å²) in [6.45, 7) is 0.688. The minimum Gasteiger partial charge on any atom is -0.430 e. The summed E-state index contributed by atoms with van der Waals surface area (Å²) >= 11 is 0. The molecule has 0 radical (unpaired) electrons. The smallest absolute Gasteiger partial charge is 0.430 e. The highest BCUT2D eigenvalue weighted by molar-refractivity contribution is 6.16. The van der Waals surface area contributed by atoms with E-state index in [1.807, 2.05) is 0 Å². The van der Waals surface area contributed by atoms with Crippen molar-refractivity contribution in [3.05, 3.63) is 0 Å². The quantitative estimate of drug-likeness (QED) is 0.253. The van der Waals surface area contributed by atoms with E-state index in [2.05, 4.69) is 9.31 Å². The number of aliphatic hydroxyl groups is 2. The van der Waals surface area contributed by atoms with Gasteiger partial charge in [0.25, 0.3) is 0 Å². The van der Waals surface area contributed by atoms with Gasteiger partial charge in [0, 0.05) is 13.2 Å². The predicted octanol–water partition coefficient (Wildman–Crippen LogP) is -3.10. The molecule has 0 aromatic carbocycles. The highest BCUT2D eigenvalue weighted by atomic mass is 16.5. The highest BCUT2D eigenvalue weighted by Crippen LogP contribution is 1.80. The molecule has 78 valence electrons. The molecule has 4 N–H and O–H groups in total. The second-order valence-electron chi connectivity index (χ2n) is 1.88. The lowest BCUT2D eigenvalue weighted by Crippen LogP contribution is -2.05. The lowest BCUT2D eigenvalue weighted by atomic mass is 10.3. The molecule has 0 saturated heterocycles. The lowest BCUT2D eigenvalue weighted by molar-refractivity contribution is 0.186. The summed E-state index contributed by atoms with van der Waals surface area (Å²) in [5.74, 6) is 0. The van der Waals surface area contributed by atoms with Gasteiger partial charge in [-0.15, -0.1) is 0 Å². The third-order valence-electron chi connectivity index (χ3n) is 0.860. The normalized spacial score (nSPS) is 8.62. The molecule has 0 aliphatic rings. The molecule has 0 fully saturated rings. The van der Waals surface area contributed by atoms with Gasteiger partial charge in [-0.2, -0.15) is 0 Å². The zero-order valence-electron chi connectivity index (χ0n) is 7.56. The zero-order valence-corrected chi connectivity index (χ0v) is 7.56. The Bertz CT molecular complexity index is 68.0. The van der Waals surface area contributed by atoms with E-state index in [0.717, 1.165) is 0 Å². The van der Waals surface area contributed by atoms with Crippen molar-refractivity contribution in [1.29, 1.82) is 0 Å². The van der Waals surface area contributed by atoms with E-state index in [0.29, 0.717) is 19.6 Å². The molecule has 0 atom stereocenters. The van der Waals surface area contributed by atoms with Gasteiger partial charge in [-0.25, -0.2) is 0 Å². The molecule has 0 unspecified atom stereocenters. The Kier molecular flexibility index (Phi) is 21.1. The molecule has 0 heterocycles. The van der Waals surface area contributed by atoms with Crippen molar-refractivity contribution < 1.29 is 29.6 Å². The fourth-order valence-corrected chi connectivity index (χ4v) is 0.392. The number of aliphatic hydroxyl groups excluding tert-OH is 2. The largest absolute Gasteiger partial charge is 0.435 e. The molecule has 0 spiro atoms. The van der Waals surface area contributed by atoms with Crippen LogP contribution in [0.5, 0.6) is 0 Å². The van der Waals surface area contributed by atoms with Crippen LogP contribution in [0.2, 0.25) is 0 Å². The third kappa shape index (κ3) is 24.5. The van der Waals surface area contributed by atoms with Crippen LogP contribution in [-0.4, -0.2) is 62.1 Å². The Labute approximate surface area is 78.7 Å². The van der Waals surface area contributed by atoms with E-state index in [9.17, 15) is 0 Å². The van der Waals surface area contributed by atoms with Crippen LogP contribution in [0.15, 0.2) is 0 Å². The summed E-state index contributed by atoms with van der Waals surface area (Å²) in [5.41, 5.74) is 0. The van der Waals surface area contributed by atoms with Crippen LogP contribution in [0, 0.1) is 0 Å². The molecule has 6 nitrogen and oxygen atoms in total. The van der Waals surface area contributed by atoms with Crippen molar-refractivity contribution in [2.45, 2.75) is 6.42 Å². The second kappa shape index (κ2) is 17.8. The van der Waals surface area contributed by atoms with Gasteiger partial charge in [-0.05, 0) is 6.42 Å². The minimum atomic E-state index is -0.251. The molecule has 13 heavy (non-hydrogen) atoms. The van der Waals surface area contributed by atoms with E-state index in [1.165, 1.54) is 0 Å².